The predicted molar refractivity (Wildman–Crippen MR) is 83.6 cm³/mol. The Morgan fingerprint density at radius 3 is 2.61 bits per heavy atom. The molecule has 7 heteroatoms. The van der Waals surface area contributed by atoms with Crippen LogP contribution in [-0.4, -0.2) is 36.4 Å². The van der Waals surface area contributed by atoms with Gasteiger partial charge in [0.1, 0.15) is 11.4 Å². The minimum atomic E-state index is -0.0663. The van der Waals surface area contributed by atoms with E-state index in [0.717, 1.165) is 11.3 Å². The van der Waals surface area contributed by atoms with Gasteiger partial charge in [0.05, 0.1) is 11.4 Å². The third-order valence-electron chi connectivity index (χ3n) is 3.54. The number of nitrogens with one attached hydrogen (secondary N) is 3. The van der Waals surface area contributed by atoms with E-state index >= 15 is 0 Å². The van der Waals surface area contributed by atoms with Crippen LogP contribution in [0.2, 0.25) is 0 Å². The van der Waals surface area contributed by atoms with Crippen LogP contribution in [0.5, 0.6) is 0 Å². The van der Waals surface area contributed by atoms with E-state index in [-0.39, 0.29) is 5.78 Å². The molecular weight excluding hydrogens is 292 g/mol. The van der Waals surface area contributed by atoms with Crippen molar-refractivity contribution < 1.29 is 4.79 Å². The lowest BCUT2D eigenvalue weighted by molar-refractivity contribution is 0.103. The molecule has 3 N–H and O–H groups in total. The van der Waals surface area contributed by atoms with Crippen molar-refractivity contribution in [2.75, 3.05) is 0 Å². The molecule has 0 unspecified atom stereocenters. The molecule has 0 spiro atoms. The molecule has 0 radical (unpaired) electrons. The summed E-state index contributed by atoms with van der Waals surface area (Å²) in [6, 6.07) is 12.7. The Labute approximate surface area is 130 Å². The van der Waals surface area contributed by atoms with Crippen molar-refractivity contribution in [2.24, 2.45) is 0 Å². The SMILES string of the molecule is O=C(c1ccccc1)c1cc(-c2n[nH]nc2-c2ccn[nH]2)c[nH]1. The van der Waals surface area contributed by atoms with Crippen LogP contribution in [0.1, 0.15) is 16.1 Å². The number of aromatic nitrogens is 6. The molecule has 0 aliphatic carbocycles. The van der Waals surface area contributed by atoms with E-state index in [4.69, 9.17) is 0 Å². The third-order valence-corrected chi connectivity index (χ3v) is 3.54. The molecule has 1 aromatic carbocycles. The van der Waals surface area contributed by atoms with Gasteiger partial charge in [-0.3, -0.25) is 9.89 Å². The zero-order valence-electron chi connectivity index (χ0n) is 11.9. The quantitative estimate of drug-likeness (QED) is 0.504. The summed E-state index contributed by atoms with van der Waals surface area (Å²) in [5, 5.41) is 17.7. The Balaban J connectivity index is 1.70. The number of ketones is 1. The normalized spacial score (nSPS) is 10.8. The van der Waals surface area contributed by atoms with E-state index in [1.54, 1.807) is 30.6 Å². The van der Waals surface area contributed by atoms with Crippen LogP contribution in [0.25, 0.3) is 22.6 Å². The second-order valence-electron chi connectivity index (χ2n) is 4.99. The fourth-order valence-corrected chi connectivity index (χ4v) is 2.41. The van der Waals surface area contributed by atoms with E-state index in [0.29, 0.717) is 22.6 Å². The zero-order valence-corrected chi connectivity index (χ0v) is 11.9. The number of nitrogens with zero attached hydrogens (tertiary/aromatic N) is 3. The van der Waals surface area contributed by atoms with Crippen molar-refractivity contribution in [3.8, 4) is 22.6 Å². The molecule has 0 aliphatic rings. The van der Waals surface area contributed by atoms with Gasteiger partial charge in [0, 0.05) is 23.5 Å². The molecule has 0 fully saturated rings. The van der Waals surface area contributed by atoms with Gasteiger partial charge in [0.15, 0.2) is 0 Å². The van der Waals surface area contributed by atoms with Gasteiger partial charge in [-0.05, 0) is 12.1 Å². The summed E-state index contributed by atoms with van der Waals surface area (Å²) in [7, 11) is 0. The molecule has 23 heavy (non-hydrogen) atoms. The highest BCUT2D eigenvalue weighted by molar-refractivity contribution is 6.08. The summed E-state index contributed by atoms with van der Waals surface area (Å²) in [6.45, 7) is 0. The van der Waals surface area contributed by atoms with Crippen molar-refractivity contribution in [3.63, 3.8) is 0 Å². The molecule has 0 saturated carbocycles. The second-order valence-corrected chi connectivity index (χ2v) is 4.99. The van der Waals surface area contributed by atoms with Gasteiger partial charge in [-0.1, -0.05) is 30.3 Å². The lowest BCUT2D eigenvalue weighted by Gasteiger charge is -1.97. The molecule has 0 aliphatic heterocycles. The first kappa shape index (κ1) is 13.2. The zero-order chi connectivity index (χ0) is 15.6. The first-order valence-electron chi connectivity index (χ1n) is 7.02. The fourth-order valence-electron chi connectivity index (χ4n) is 2.41. The maximum atomic E-state index is 12.5. The monoisotopic (exact) mass is 304 g/mol. The van der Waals surface area contributed by atoms with Gasteiger partial charge in [0.2, 0.25) is 5.78 Å². The van der Waals surface area contributed by atoms with Crippen molar-refractivity contribution >= 4 is 5.78 Å². The summed E-state index contributed by atoms with van der Waals surface area (Å²) in [5.41, 5.74) is 3.98. The van der Waals surface area contributed by atoms with E-state index in [9.17, 15) is 4.79 Å². The highest BCUT2D eigenvalue weighted by Gasteiger charge is 2.17. The predicted octanol–water partition coefficient (Wildman–Crippen LogP) is 2.42. The highest BCUT2D eigenvalue weighted by Crippen LogP contribution is 2.27. The number of rotatable bonds is 4. The second kappa shape index (κ2) is 5.38. The molecule has 3 heterocycles. The molecule has 112 valence electrons. The van der Waals surface area contributed by atoms with Crippen LogP contribution in [0.3, 0.4) is 0 Å². The van der Waals surface area contributed by atoms with Crippen LogP contribution >= 0.6 is 0 Å². The van der Waals surface area contributed by atoms with Gasteiger partial charge in [-0.25, -0.2) is 0 Å². The van der Waals surface area contributed by atoms with Gasteiger partial charge in [-0.15, -0.1) is 0 Å². The number of hydrogen-bond acceptors (Lipinski definition) is 4. The topological polar surface area (TPSA) is 103 Å². The molecule has 4 rings (SSSR count). The minimum absolute atomic E-state index is 0.0663. The maximum absolute atomic E-state index is 12.5. The Bertz CT molecular complexity index is 936. The van der Waals surface area contributed by atoms with Crippen LogP contribution in [0, 0.1) is 0 Å². The first-order valence-corrected chi connectivity index (χ1v) is 7.02. The number of aromatic amines is 3. The smallest absolute Gasteiger partial charge is 0.209 e. The average molecular weight is 304 g/mol. The Morgan fingerprint density at radius 2 is 1.83 bits per heavy atom. The molecule has 0 amide bonds. The van der Waals surface area contributed by atoms with E-state index in [1.165, 1.54) is 0 Å². The summed E-state index contributed by atoms with van der Waals surface area (Å²) < 4.78 is 0. The molecule has 0 saturated heterocycles. The Morgan fingerprint density at radius 1 is 1.00 bits per heavy atom. The van der Waals surface area contributed by atoms with E-state index in [1.807, 2.05) is 24.3 Å². The molecule has 0 bridgehead atoms. The number of benzene rings is 1. The molecule has 0 atom stereocenters. The summed E-state index contributed by atoms with van der Waals surface area (Å²) >= 11 is 0. The summed E-state index contributed by atoms with van der Waals surface area (Å²) in [5.74, 6) is -0.0663. The van der Waals surface area contributed by atoms with Gasteiger partial charge in [0.25, 0.3) is 0 Å². The summed E-state index contributed by atoms with van der Waals surface area (Å²) in [6.07, 6.45) is 3.39. The number of carbonyl (C=O) groups excluding carboxylic acids is 1. The van der Waals surface area contributed by atoms with E-state index < -0.39 is 0 Å². The standard InChI is InChI=1S/C16H12N6O/c23-16(10-4-2-1-3-5-10)13-8-11(9-17-13)14-15(21-22-20-14)12-6-7-18-19-12/h1-9,17H,(H,18,19)(H,20,21,22). The Hall–Kier alpha value is -3.48. The lowest BCUT2D eigenvalue weighted by Crippen LogP contribution is -2.00. The molecule has 4 aromatic rings. The lowest BCUT2D eigenvalue weighted by atomic mass is 10.1. The van der Waals surface area contributed by atoms with Gasteiger partial charge in [-0.2, -0.15) is 20.5 Å². The average Bonchev–Trinajstić information content (AvgIpc) is 3.33. The molecular formula is C16H12N6O. The number of H-pyrrole nitrogens is 3. The molecule has 3 aromatic heterocycles. The largest absolute Gasteiger partial charge is 0.358 e. The Kier molecular flexibility index (Phi) is 3.09. The maximum Gasteiger partial charge on any atom is 0.209 e. The fraction of sp³-hybridized carbons (Fsp3) is 0. The van der Waals surface area contributed by atoms with Gasteiger partial charge >= 0.3 is 0 Å². The van der Waals surface area contributed by atoms with Crippen LogP contribution < -0.4 is 0 Å². The van der Waals surface area contributed by atoms with Crippen LogP contribution in [0.15, 0.2) is 54.9 Å². The molecule has 7 nitrogen and oxygen atoms in total. The highest BCUT2D eigenvalue weighted by atomic mass is 16.1. The van der Waals surface area contributed by atoms with Crippen molar-refractivity contribution in [3.05, 3.63) is 66.1 Å². The van der Waals surface area contributed by atoms with Crippen molar-refractivity contribution in [2.45, 2.75) is 0 Å². The van der Waals surface area contributed by atoms with E-state index in [2.05, 4.69) is 30.6 Å². The van der Waals surface area contributed by atoms with Crippen molar-refractivity contribution in [1.82, 2.24) is 30.6 Å². The van der Waals surface area contributed by atoms with Crippen LogP contribution in [0.4, 0.5) is 0 Å². The van der Waals surface area contributed by atoms with Crippen LogP contribution in [-0.2, 0) is 0 Å². The minimum Gasteiger partial charge on any atom is -0.358 e. The summed E-state index contributed by atoms with van der Waals surface area (Å²) in [4.78, 5) is 15.5. The third kappa shape index (κ3) is 2.34. The first-order chi connectivity index (χ1) is 11.3. The van der Waals surface area contributed by atoms with Crippen molar-refractivity contribution in [1.29, 1.82) is 0 Å². The van der Waals surface area contributed by atoms with Gasteiger partial charge < -0.3 is 4.98 Å². The number of hydrogen-bond donors (Lipinski definition) is 3. The number of carbonyl (C=O) groups is 1.